The highest BCUT2D eigenvalue weighted by Gasteiger charge is 2.12. The fourth-order valence-corrected chi connectivity index (χ4v) is 2.70. The molecule has 0 heterocycles. The van der Waals surface area contributed by atoms with Crippen LogP contribution >= 0.6 is 0 Å². The molecule has 0 saturated carbocycles. The zero-order valence-electron chi connectivity index (χ0n) is 12.5. The summed E-state index contributed by atoms with van der Waals surface area (Å²) in [5, 5.41) is 0. The minimum absolute atomic E-state index is 0.765. The minimum atomic E-state index is 0.765. The largest absolute Gasteiger partial charge is 0.493 e. The molecule has 1 aromatic rings. The molecule has 1 aliphatic rings. The number of ether oxygens (including phenoxy) is 2. The predicted molar refractivity (Wildman–Crippen MR) is 84.3 cm³/mol. The summed E-state index contributed by atoms with van der Waals surface area (Å²) in [6.45, 7) is 4.23. The maximum Gasteiger partial charge on any atom is 0.161 e. The van der Waals surface area contributed by atoms with Crippen LogP contribution in [0, 0.1) is 5.92 Å². The average molecular weight is 272 g/mol. The Hall–Kier alpha value is -1.70. The smallest absolute Gasteiger partial charge is 0.161 e. The maximum atomic E-state index is 5.35. The van der Waals surface area contributed by atoms with E-state index in [1.54, 1.807) is 14.2 Å². The molecule has 0 saturated heterocycles. The molecule has 1 atom stereocenters. The lowest BCUT2D eigenvalue weighted by Gasteiger charge is -2.18. The molecule has 20 heavy (non-hydrogen) atoms. The van der Waals surface area contributed by atoms with Gasteiger partial charge in [0.25, 0.3) is 0 Å². The summed E-state index contributed by atoms with van der Waals surface area (Å²) in [6.07, 6.45) is 10.6. The minimum Gasteiger partial charge on any atom is -0.493 e. The molecule has 2 rings (SSSR count). The van der Waals surface area contributed by atoms with Crippen LogP contribution in [0.15, 0.2) is 36.9 Å². The molecule has 1 unspecified atom stereocenters. The van der Waals surface area contributed by atoms with Gasteiger partial charge in [0.15, 0.2) is 11.5 Å². The molecule has 0 radical (unpaired) electrons. The zero-order valence-corrected chi connectivity index (χ0v) is 12.5. The van der Waals surface area contributed by atoms with Crippen LogP contribution < -0.4 is 9.47 Å². The molecule has 0 N–H and O–H groups in total. The molecule has 1 aliphatic carbocycles. The van der Waals surface area contributed by atoms with Crippen molar-refractivity contribution in [1.29, 1.82) is 0 Å². The van der Waals surface area contributed by atoms with Crippen molar-refractivity contribution in [2.45, 2.75) is 32.1 Å². The van der Waals surface area contributed by atoms with Gasteiger partial charge >= 0.3 is 0 Å². The molecule has 0 bridgehead atoms. The second-order valence-electron chi connectivity index (χ2n) is 5.36. The second kappa shape index (κ2) is 7.18. The van der Waals surface area contributed by atoms with Crippen LogP contribution in [-0.4, -0.2) is 14.2 Å². The first-order chi connectivity index (χ1) is 9.74. The van der Waals surface area contributed by atoms with E-state index in [0.717, 1.165) is 29.4 Å². The molecule has 0 aromatic heterocycles. The van der Waals surface area contributed by atoms with Gasteiger partial charge in [-0.3, -0.25) is 0 Å². The lowest BCUT2D eigenvalue weighted by Crippen LogP contribution is -2.02. The third-order valence-corrected chi connectivity index (χ3v) is 4.02. The van der Waals surface area contributed by atoms with E-state index in [1.807, 2.05) is 12.1 Å². The highest BCUT2D eigenvalue weighted by Crippen LogP contribution is 2.32. The van der Waals surface area contributed by atoms with E-state index in [0.29, 0.717) is 0 Å². The first-order valence-electron chi connectivity index (χ1n) is 7.29. The molecule has 1 aromatic carbocycles. The van der Waals surface area contributed by atoms with Gasteiger partial charge in [-0.15, -0.1) is 0 Å². The Kier molecular flexibility index (Phi) is 5.28. The first kappa shape index (κ1) is 14.7. The predicted octanol–water partition coefficient (Wildman–Crippen LogP) is 4.85. The third-order valence-electron chi connectivity index (χ3n) is 4.02. The van der Waals surface area contributed by atoms with Gasteiger partial charge in [0, 0.05) is 0 Å². The van der Waals surface area contributed by atoms with E-state index >= 15 is 0 Å². The van der Waals surface area contributed by atoms with Crippen molar-refractivity contribution < 1.29 is 9.47 Å². The van der Waals surface area contributed by atoms with Crippen LogP contribution in [0.1, 0.15) is 37.7 Å². The van der Waals surface area contributed by atoms with Gasteiger partial charge < -0.3 is 9.47 Å². The van der Waals surface area contributed by atoms with Gasteiger partial charge in [0.05, 0.1) is 14.2 Å². The van der Waals surface area contributed by atoms with Crippen LogP contribution in [0.4, 0.5) is 0 Å². The highest BCUT2D eigenvalue weighted by atomic mass is 16.5. The molecule has 0 spiro atoms. The fourth-order valence-electron chi connectivity index (χ4n) is 2.70. The summed E-state index contributed by atoms with van der Waals surface area (Å²) in [5.41, 5.74) is 2.33. The van der Waals surface area contributed by atoms with Crippen molar-refractivity contribution in [2.75, 3.05) is 14.2 Å². The summed E-state index contributed by atoms with van der Waals surface area (Å²) in [4.78, 5) is 0. The number of methoxy groups -OCH3 is 2. The Labute approximate surface area is 122 Å². The van der Waals surface area contributed by atoms with Gasteiger partial charge in [-0.05, 0) is 61.3 Å². The third kappa shape index (κ3) is 3.66. The second-order valence-corrected chi connectivity index (χ2v) is 5.36. The first-order valence-corrected chi connectivity index (χ1v) is 7.29. The van der Waals surface area contributed by atoms with Crippen molar-refractivity contribution in [3.8, 4) is 11.5 Å². The number of hydrogen-bond donors (Lipinski definition) is 0. The van der Waals surface area contributed by atoms with Gasteiger partial charge in [0.1, 0.15) is 0 Å². The van der Waals surface area contributed by atoms with Crippen molar-refractivity contribution in [3.05, 3.63) is 42.5 Å². The number of allylic oxidation sites excluding steroid dienone is 3. The van der Waals surface area contributed by atoms with Gasteiger partial charge in [0.2, 0.25) is 0 Å². The SMILES string of the molecule is C=C(CCC1CC=CCC1)c1ccc(OC)c(OC)c1. The molecule has 108 valence electrons. The average Bonchev–Trinajstić information content (AvgIpc) is 2.52. The van der Waals surface area contributed by atoms with Crippen LogP contribution in [0.3, 0.4) is 0 Å². The van der Waals surface area contributed by atoms with Crippen molar-refractivity contribution >= 4 is 5.57 Å². The number of hydrogen-bond acceptors (Lipinski definition) is 2. The van der Waals surface area contributed by atoms with Crippen LogP contribution in [-0.2, 0) is 0 Å². The topological polar surface area (TPSA) is 18.5 Å². The molecular formula is C18H24O2. The summed E-state index contributed by atoms with van der Waals surface area (Å²) < 4.78 is 10.6. The lowest BCUT2D eigenvalue weighted by molar-refractivity contribution is 0.355. The standard InChI is InChI=1S/C18H24O2/c1-14(9-10-15-7-5-4-6-8-15)16-11-12-17(19-2)18(13-16)20-3/h4-5,11-13,15H,1,6-10H2,2-3H3. The Morgan fingerprint density at radius 1 is 1.20 bits per heavy atom. The van der Waals surface area contributed by atoms with Crippen molar-refractivity contribution in [1.82, 2.24) is 0 Å². The van der Waals surface area contributed by atoms with Crippen LogP contribution in [0.2, 0.25) is 0 Å². The highest BCUT2D eigenvalue weighted by molar-refractivity contribution is 5.66. The van der Waals surface area contributed by atoms with Gasteiger partial charge in [-0.2, -0.15) is 0 Å². The Morgan fingerprint density at radius 2 is 2.00 bits per heavy atom. The Balaban J connectivity index is 1.96. The van der Waals surface area contributed by atoms with E-state index in [4.69, 9.17) is 9.47 Å². The van der Waals surface area contributed by atoms with E-state index < -0.39 is 0 Å². The molecule has 0 fully saturated rings. The quantitative estimate of drug-likeness (QED) is 0.689. The van der Waals surface area contributed by atoms with Gasteiger partial charge in [-0.25, -0.2) is 0 Å². The summed E-state index contributed by atoms with van der Waals surface area (Å²) in [5.74, 6) is 2.35. The lowest BCUT2D eigenvalue weighted by atomic mass is 9.88. The van der Waals surface area contributed by atoms with E-state index in [9.17, 15) is 0 Å². The Morgan fingerprint density at radius 3 is 2.65 bits per heavy atom. The molecule has 2 heteroatoms. The van der Waals surface area contributed by atoms with E-state index in [-0.39, 0.29) is 0 Å². The van der Waals surface area contributed by atoms with Crippen LogP contribution in [0.25, 0.3) is 5.57 Å². The molecule has 2 nitrogen and oxygen atoms in total. The summed E-state index contributed by atoms with van der Waals surface area (Å²) >= 11 is 0. The number of benzene rings is 1. The monoisotopic (exact) mass is 272 g/mol. The fraction of sp³-hybridized carbons (Fsp3) is 0.444. The summed E-state index contributed by atoms with van der Waals surface area (Å²) in [7, 11) is 3.32. The Bertz CT molecular complexity index is 488. The van der Waals surface area contributed by atoms with E-state index in [2.05, 4.69) is 24.8 Å². The van der Waals surface area contributed by atoms with Crippen molar-refractivity contribution in [3.63, 3.8) is 0 Å². The summed E-state index contributed by atoms with van der Waals surface area (Å²) in [6, 6.07) is 6.02. The van der Waals surface area contributed by atoms with Crippen LogP contribution in [0.5, 0.6) is 11.5 Å². The molecule has 0 amide bonds. The van der Waals surface area contributed by atoms with E-state index in [1.165, 1.54) is 31.3 Å². The number of rotatable bonds is 6. The zero-order chi connectivity index (χ0) is 14.4. The van der Waals surface area contributed by atoms with Gasteiger partial charge in [-0.1, -0.05) is 24.8 Å². The molecular weight excluding hydrogens is 248 g/mol. The molecule has 0 aliphatic heterocycles. The maximum absolute atomic E-state index is 5.35. The van der Waals surface area contributed by atoms with Crippen molar-refractivity contribution in [2.24, 2.45) is 5.92 Å². The normalized spacial score (nSPS) is 17.8.